The molecule has 3 heterocycles. The number of para-hydroxylation sites is 3. The zero-order valence-electron chi connectivity index (χ0n) is 33.6. The van der Waals surface area contributed by atoms with Crippen molar-refractivity contribution in [1.29, 1.82) is 0 Å². The summed E-state index contributed by atoms with van der Waals surface area (Å²) < 4.78 is 4.93. The molecule has 0 aliphatic carbocycles. The van der Waals surface area contributed by atoms with E-state index in [-0.39, 0.29) is 0 Å². The van der Waals surface area contributed by atoms with Gasteiger partial charge in [0.2, 0.25) is 0 Å². The van der Waals surface area contributed by atoms with Gasteiger partial charge in [0.1, 0.15) is 0 Å². The van der Waals surface area contributed by atoms with Gasteiger partial charge in [-0.3, -0.25) is 0 Å². The highest BCUT2D eigenvalue weighted by Gasteiger charge is 2.25. The number of nitrogens with zero attached hydrogens (tertiary/aromatic N) is 5. The lowest BCUT2D eigenvalue weighted by Gasteiger charge is -2.20. The summed E-state index contributed by atoms with van der Waals surface area (Å²) in [6.07, 6.45) is 0. The van der Waals surface area contributed by atoms with E-state index < -0.39 is 0 Å². The molecule has 0 amide bonds. The van der Waals surface area contributed by atoms with Crippen molar-refractivity contribution < 1.29 is 0 Å². The summed E-state index contributed by atoms with van der Waals surface area (Å²) in [6, 6.07) is 79.4. The van der Waals surface area contributed by atoms with Crippen LogP contribution in [0.4, 0.5) is 0 Å². The van der Waals surface area contributed by atoms with Crippen molar-refractivity contribution in [3.63, 3.8) is 0 Å². The van der Waals surface area contributed by atoms with E-state index in [1.165, 1.54) is 21.5 Å². The normalized spacial score (nSPS) is 11.5. The molecule has 62 heavy (non-hydrogen) atoms. The van der Waals surface area contributed by atoms with Gasteiger partial charge in [0.05, 0.1) is 33.4 Å². The highest BCUT2D eigenvalue weighted by molar-refractivity contribution is 6.17. The molecule has 0 saturated heterocycles. The van der Waals surface area contributed by atoms with E-state index in [1.807, 2.05) is 36.4 Å². The van der Waals surface area contributed by atoms with Gasteiger partial charge in [0, 0.05) is 49.4 Å². The Morgan fingerprint density at radius 3 is 1.23 bits per heavy atom. The Labute approximate surface area is 358 Å². The number of rotatable bonds is 7. The van der Waals surface area contributed by atoms with Crippen LogP contribution >= 0.6 is 0 Å². The molecule has 12 aromatic rings. The minimum absolute atomic E-state index is 0.605. The van der Waals surface area contributed by atoms with Crippen molar-refractivity contribution in [2.45, 2.75) is 0 Å². The van der Waals surface area contributed by atoms with Gasteiger partial charge in [-0.25, -0.2) is 15.0 Å². The van der Waals surface area contributed by atoms with Crippen molar-refractivity contribution in [1.82, 2.24) is 24.1 Å². The second kappa shape index (κ2) is 14.7. The number of aromatic nitrogens is 5. The van der Waals surface area contributed by atoms with E-state index in [9.17, 15) is 0 Å². The third kappa shape index (κ3) is 5.82. The third-order valence-corrected chi connectivity index (χ3v) is 12.0. The van der Waals surface area contributed by atoms with Gasteiger partial charge in [-0.1, -0.05) is 194 Å². The molecule has 0 spiro atoms. The van der Waals surface area contributed by atoms with Gasteiger partial charge >= 0.3 is 0 Å². The third-order valence-electron chi connectivity index (χ3n) is 12.0. The van der Waals surface area contributed by atoms with Crippen LogP contribution in [0.1, 0.15) is 0 Å². The van der Waals surface area contributed by atoms with Crippen LogP contribution in [-0.2, 0) is 0 Å². The molecule has 9 aromatic carbocycles. The maximum atomic E-state index is 5.19. The predicted octanol–water partition coefficient (Wildman–Crippen LogP) is 14.4. The van der Waals surface area contributed by atoms with Crippen LogP contribution in [0, 0.1) is 0 Å². The van der Waals surface area contributed by atoms with E-state index in [1.54, 1.807) is 0 Å². The van der Waals surface area contributed by atoms with Gasteiger partial charge in [-0.15, -0.1) is 0 Å². The van der Waals surface area contributed by atoms with Gasteiger partial charge < -0.3 is 9.13 Å². The van der Waals surface area contributed by atoms with Crippen LogP contribution in [0.5, 0.6) is 0 Å². The minimum atomic E-state index is 0.605. The Balaban J connectivity index is 1.21. The first-order valence-corrected chi connectivity index (χ1v) is 21.0. The van der Waals surface area contributed by atoms with E-state index in [0.717, 1.165) is 72.4 Å². The molecular weight excluding hydrogens is 755 g/mol. The fraction of sp³-hybridized carbons (Fsp3) is 0. The number of fused-ring (bicyclic) bond motifs is 6. The average molecular weight is 792 g/mol. The molecule has 0 N–H and O–H groups in total. The van der Waals surface area contributed by atoms with Crippen molar-refractivity contribution in [3.8, 4) is 67.8 Å². The molecule has 290 valence electrons. The van der Waals surface area contributed by atoms with E-state index in [4.69, 9.17) is 15.0 Å². The highest BCUT2D eigenvalue weighted by Crippen LogP contribution is 2.45. The van der Waals surface area contributed by atoms with E-state index >= 15 is 0 Å². The molecule has 0 saturated carbocycles. The van der Waals surface area contributed by atoms with Crippen LogP contribution in [0.15, 0.2) is 224 Å². The lowest BCUT2D eigenvalue weighted by atomic mass is 9.98. The van der Waals surface area contributed by atoms with E-state index in [2.05, 4.69) is 197 Å². The van der Waals surface area contributed by atoms with Gasteiger partial charge in [0.15, 0.2) is 17.5 Å². The largest absolute Gasteiger partial charge is 0.309 e. The molecule has 3 aromatic heterocycles. The quantitative estimate of drug-likeness (QED) is 0.162. The zero-order valence-corrected chi connectivity index (χ0v) is 33.6. The maximum absolute atomic E-state index is 5.19. The standard InChI is InChI=1S/C57H37N5/c1-5-19-38(20-6-1)43-34-33-42(57-59-55(40-23-9-3-10-24-40)58-56(60-57)41-25-11-4-12-26-41)37-52(43)62-50-32-18-15-29-46(50)47-35-36-51(53(54(47)62)39-21-7-2-8-22-39)61-48-30-16-13-27-44(48)45-28-14-17-31-49(45)61/h1-37H. The van der Waals surface area contributed by atoms with Crippen LogP contribution < -0.4 is 0 Å². The summed E-state index contributed by atoms with van der Waals surface area (Å²) in [5, 5.41) is 4.80. The lowest BCUT2D eigenvalue weighted by molar-refractivity contribution is 1.07. The molecule has 0 aliphatic rings. The van der Waals surface area contributed by atoms with Crippen LogP contribution in [0.25, 0.3) is 111 Å². The fourth-order valence-corrected chi connectivity index (χ4v) is 9.21. The molecule has 0 radical (unpaired) electrons. The fourth-order valence-electron chi connectivity index (χ4n) is 9.21. The van der Waals surface area contributed by atoms with Gasteiger partial charge in [0.25, 0.3) is 0 Å². The Hall–Kier alpha value is -8.41. The van der Waals surface area contributed by atoms with Crippen LogP contribution in [0.2, 0.25) is 0 Å². The summed E-state index contributed by atoms with van der Waals surface area (Å²) in [5.74, 6) is 1.86. The summed E-state index contributed by atoms with van der Waals surface area (Å²) in [6.45, 7) is 0. The summed E-state index contributed by atoms with van der Waals surface area (Å²) in [7, 11) is 0. The second-order valence-electron chi connectivity index (χ2n) is 15.6. The molecule has 0 atom stereocenters. The first kappa shape index (κ1) is 35.5. The minimum Gasteiger partial charge on any atom is -0.309 e. The smallest absolute Gasteiger partial charge is 0.164 e. The molecule has 12 rings (SSSR count). The molecule has 5 heteroatoms. The molecule has 0 aliphatic heterocycles. The first-order chi connectivity index (χ1) is 30.8. The van der Waals surface area contributed by atoms with Crippen molar-refractivity contribution in [2.75, 3.05) is 0 Å². The number of hydrogen-bond acceptors (Lipinski definition) is 3. The number of hydrogen-bond donors (Lipinski definition) is 0. The summed E-state index contributed by atoms with van der Waals surface area (Å²) >= 11 is 0. The van der Waals surface area contributed by atoms with Crippen molar-refractivity contribution in [2.24, 2.45) is 0 Å². The molecule has 0 bridgehead atoms. The van der Waals surface area contributed by atoms with Crippen LogP contribution in [0.3, 0.4) is 0 Å². The predicted molar refractivity (Wildman–Crippen MR) is 256 cm³/mol. The topological polar surface area (TPSA) is 48.5 Å². The van der Waals surface area contributed by atoms with Gasteiger partial charge in [-0.05, 0) is 41.5 Å². The zero-order chi connectivity index (χ0) is 41.0. The Morgan fingerprint density at radius 2 is 0.694 bits per heavy atom. The van der Waals surface area contributed by atoms with Crippen molar-refractivity contribution in [3.05, 3.63) is 224 Å². The van der Waals surface area contributed by atoms with E-state index in [0.29, 0.717) is 17.5 Å². The van der Waals surface area contributed by atoms with Gasteiger partial charge in [-0.2, -0.15) is 0 Å². The Bertz CT molecular complexity index is 3500. The lowest BCUT2D eigenvalue weighted by Crippen LogP contribution is -2.04. The molecule has 5 nitrogen and oxygen atoms in total. The highest BCUT2D eigenvalue weighted by atomic mass is 15.0. The summed E-state index contributed by atoms with van der Waals surface area (Å²) in [5.41, 5.74) is 13.9. The summed E-state index contributed by atoms with van der Waals surface area (Å²) in [4.78, 5) is 15.4. The Kier molecular flexibility index (Phi) is 8.42. The molecular formula is C57H37N5. The average Bonchev–Trinajstić information content (AvgIpc) is 3.87. The molecule has 0 unspecified atom stereocenters. The number of benzene rings is 9. The first-order valence-electron chi connectivity index (χ1n) is 21.0. The van der Waals surface area contributed by atoms with Crippen molar-refractivity contribution >= 4 is 43.6 Å². The van der Waals surface area contributed by atoms with Crippen LogP contribution in [-0.4, -0.2) is 24.1 Å². The molecule has 0 fully saturated rings. The second-order valence-corrected chi connectivity index (χ2v) is 15.6. The SMILES string of the molecule is c1ccc(-c2nc(-c3ccccc3)nc(-c3ccc(-c4ccccc4)c(-n4c5ccccc5c5ccc(-n6c7ccccc7c7ccccc76)c(-c6ccccc6)c54)c3)n2)cc1. The Morgan fingerprint density at radius 1 is 0.274 bits per heavy atom. The monoisotopic (exact) mass is 791 g/mol. The maximum Gasteiger partial charge on any atom is 0.164 e.